The van der Waals surface area contributed by atoms with Gasteiger partial charge in [-0.25, -0.2) is 4.98 Å². The van der Waals surface area contributed by atoms with Crippen molar-refractivity contribution in [2.75, 3.05) is 7.11 Å². The van der Waals surface area contributed by atoms with Crippen molar-refractivity contribution in [1.29, 1.82) is 0 Å². The molecule has 1 saturated carbocycles. The van der Waals surface area contributed by atoms with E-state index in [0.717, 1.165) is 17.1 Å². The molecule has 0 aromatic carbocycles. The molecule has 4 nitrogen and oxygen atoms in total. The van der Waals surface area contributed by atoms with Crippen molar-refractivity contribution in [1.82, 2.24) is 9.97 Å². The fourth-order valence-corrected chi connectivity index (χ4v) is 1.52. The lowest BCUT2D eigenvalue weighted by Crippen LogP contribution is -2.08. The van der Waals surface area contributed by atoms with Crippen molar-refractivity contribution < 1.29 is 4.74 Å². The van der Waals surface area contributed by atoms with Crippen LogP contribution in [-0.2, 0) is 6.54 Å². The quantitative estimate of drug-likeness (QED) is 0.781. The fraction of sp³-hybridized carbons (Fsp3) is 0.600. The van der Waals surface area contributed by atoms with Gasteiger partial charge in [0.15, 0.2) is 0 Å². The van der Waals surface area contributed by atoms with Crippen LogP contribution in [0, 0.1) is 6.92 Å². The molecule has 1 fully saturated rings. The van der Waals surface area contributed by atoms with Gasteiger partial charge in [-0.3, -0.25) is 0 Å². The summed E-state index contributed by atoms with van der Waals surface area (Å²) >= 11 is 0. The third-order valence-electron chi connectivity index (χ3n) is 2.53. The molecule has 0 spiro atoms. The molecule has 0 unspecified atom stereocenters. The van der Waals surface area contributed by atoms with Crippen LogP contribution < -0.4 is 10.5 Å². The van der Waals surface area contributed by atoms with E-state index in [1.165, 1.54) is 12.8 Å². The lowest BCUT2D eigenvalue weighted by Gasteiger charge is -2.09. The first-order chi connectivity index (χ1) is 6.76. The van der Waals surface area contributed by atoms with Gasteiger partial charge < -0.3 is 10.5 Å². The highest BCUT2D eigenvalue weighted by Gasteiger charge is 2.28. The molecule has 0 atom stereocenters. The van der Waals surface area contributed by atoms with E-state index in [-0.39, 0.29) is 0 Å². The minimum atomic E-state index is 0.431. The van der Waals surface area contributed by atoms with Crippen molar-refractivity contribution in [2.24, 2.45) is 5.73 Å². The van der Waals surface area contributed by atoms with Gasteiger partial charge in [-0.05, 0) is 19.8 Å². The summed E-state index contributed by atoms with van der Waals surface area (Å²) in [6, 6.07) is 0. The van der Waals surface area contributed by atoms with Crippen LogP contribution >= 0.6 is 0 Å². The Bertz CT molecular complexity index is 347. The number of ether oxygens (including phenoxy) is 1. The molecule has 1 aromatic heterocycles. The molecule has 2 rings (SSSR count). The van der Waals surface area contributed by atoms with Crippen LogP contribution in [0.4, 0.5) is 0 Å². The summed E-state index contributed by atoms with van der Waals surface area (Å²) in [5.74, 6) is 2.10. The minimum Gasteiger partial charge on any atom is -0.481 e. The van der Waals surface area contributed by atoms with E-state index in [4.69, 9.17) is 10.5 Å². The maximum absolute atomic E-state index is 5.61. The van der Waals surface area contributed by atoms with E-state index in [1.807, 2.05) is 6.92 Å². The molecule has 1 aliphatic carbocycles. The molecule has 0 aliphatic heterocycles. The SMILES string of the molecule is COc1nc(C2CC2)nc(C)c1CN. The van der Waals surface area contributed by atoms with Gasteiger partial charge in [0.05, 0.1) is 7.11 Å². The number of hydrogen-bond acceptors (Lipinski definition) is 4. The van der Waals surface area contributed by atoms with Crippen LogP contribution in [0.5, 0.6) is 5.88 Å². The molecule has 14 heavy (non-hydrogen) atoms. The fourth-order valence-electron chi connectivity index (χ4n) is 1.52. The number of nitrogens with zero attached hydrogens (tertiary/aromatic N) is 2. The topological polar surface area (TPSA) is 61.0 Å². The Labute approximate surface area is 83.5 Å². The first-order valence-corrected chi connectivity index (χ1v) is 4.87. The first kappa shape index (κ1) is 9.40. The zero-order valence-electron chi connectivity index (χ0n) is 8.58. The number of hydrogen-bond donors (Lipinski definition) is 1. The Kier molecular flexibility index (Phi) is 2.37. The lowest BCUT2D eigenvalue weighted by atomic mass is 10.2. The predicted octanol–water partition coefficient (Wildman–Crippen LogP) is 1.13. The molecule has 4 heteroatoms. The maximum atomic E-state index is 5.61. The highest BCUT2D eigenvalue weighted by molar-refractivity contribution is 5.31. The van der Waals surface area contributed by atoms with Gasteiger partial charge in [0.2, 0.25) is 5.88 Å². The van der Waals surface area contributed by atoms with Gasteiger partial charge in [-0.1, -0.05) is 0 Å². The summed E-state index contributed by atoms with van der Waals surface area (Å²) in [5.41, 5.74) is 7.47. The second-order valence-electron chi connectivity index (χ2n) is 3.63. The van der Waals surface area contributed by atoms with Gasteiger partial charge in [-0.2, -0.15) is 4.98 Å². The molecule has 0 bridgehead atoms. The molecule has 1 heterocycles. The Balaban J connectivity index is 2.43. The normalized spacial score (nSPS) is 15.6. The van der Waals surface area contributed by atoms with E-state index in [9.17, 15) is 0 Å². The zero-order valence-corrected chi connectivity index (χ0v) is 8.58. The minimum absolute atomic E-state index is 0.431. The number of aryl methyl sites for hydroxylation is 1. The van der Waals surface area contributed by atoms with Crippen molar-refractivity contribution in [3.63, 3.8) is 0 Å². The molecule has 0 saturated heterocycles. The summed E-state index contributed by atoms with van der Waals surface area (Å²) < 4.78 is 5.20. The molecular weight excluding hydrogens is 178 g/mol. The van der Waals surface area contributed by atoms with Gasteiger partial charge >= 0.3 is 0 Å². The number of rotatable bonds is 3. The highest BCUT2D eigenvalue weighted by Crippen LogP contribution is 2.39. The highest BCUT2D eigenvalue weighted by atomic mass is 16.5. The Morgan fingerprint density at radius 3 is 2.64 bits per heavy atom. The van der Waals surface area contributed by atoms with Crippen molar-refractivity contribution in [3.05, 3.63) is 17.1 Å². The molecule has 0 radical (unpaired) electrons. The van der Waals surface area contributed by atoms with Gasteiger partial charge in [0, 0.05) is 23.7 Å². The van der Waals surface area contributed by atoms with Gasteiger partial charge in [0.1, 0.15) is 5.82 Å². The summed E-state index contributed by atoms with van der Waals surface area (Å²) in [6.07, 6.45) is 2.40. The summed E-state index contributed by atoms with van der Waals surface area (Å²) in [7, 11) is 1.62. The van der Waals surface area contributed by atoms with Crippen molar-refractivity contribution in [2.45, 2.75) is 32.2 Å². The third-order valence-corrected chi connectivity index (χ3v) is 2.53. The van der Waals surface area contributed by atoms with Crippen LogP contribution in [0.25, 0.3) is 0 Å². The van der Waals surface area contributed by atoms with Crippen molar-refractivity contribution >= 4 is 0 Å². The molecule has 1 aromatic rings. The Morgan fingerprint density at radius 1 is 1.43 bits per heavy atom. The van der Waals surface area contributed by atoms with E-state index in [1.54, 1.807) is 7.11 Å². The van der Waals surface area contributed by atoms with Crippen LogP contribution in [0.3, 0.4) is 0 Å². The average molecular weight is 193 g/mol. The van der Waals surface area contributed by atoms with Crippen molar-refractivity contribution in [3.8, 4) is 5.88 Å². The van der Waals surface area contributed by atoms with Crippen LogP contribution in [0.15, 0.2) is 0 Å². The van der Waals surface area contributed by atoms with Gasteiger partial charge in [-0.15, -0.1) is 0 Å². The second kappa shape index (κ2) is 3.53. The summed E-state index contributed by atoms with van der Waals surface area (Å²) in [6.45, 7) is 2.39. The summed E-state index contributed by atoms with van der Waals surface area (Å²) in [5, 5.41) is 0. The Morgan fingerprint density at radius 2 is 2.14 bits per heavy atom. The number of aromatic nitrogens is 2. The van der Waals surface area contributed by atoms with E-state index >= 15 is 0 Å². The molecule has 2 N–H and O–H groups in total. The zero-order chi connectivity index (χ0) is 10.1. The molecule has 76 valence electrons. The van der Waals surface area contributed by atoms with E-state index in [2.05, 4.69) is 9.97 Å². The number of nitrogens with two attached hydrogens (primary N) is 1. The lowest BCUT2D eigenvalue weighted by molar-refractivity contribution is 0.388. The van der Waals surface area contributed by atoms with E-state index in [0.29, 0.717) is 18.3 Å². The largest absolute Gasteiger partial charge is 0.481 e. The molecular formula is C10H15N3O. The first-order valence-electron chi connectivity index (χ1n) is 4.87. The second-order valence-corrected chi connectivity index (χ2v) is 3.63. The van der Waals surface area contributed by atoms with E-state index < -0.39 is 0 Å². The smallest absolute Gasteiger partial charge is 0.221 e. The van der Waals surface area contributed by atoms with Crippen LogP contribution in [0.1, 0.15) is 35.8 Å². The summed E-state index contributed by atoms with van der Waals surface area (Å²) in [4.78, 5) is 8.82. The maximum Gasteiger partial charge on any atom is 0.221 e. The third kappa shape index (κ3) is 1.57. The Hall–Kier alpha value is -1.16. The number of methoxy groups -OCH3 is 1. The van der Waals surface area contributed by atoms with Crippen LogP contribution in [0.2, 0.25) is 0 Å². The van der Waals surface area contributed by atoms with Crippen LogP contribution in [-0.4, -0.2) is 17.1 Å². The molecule has 0 amide bonds. The molecule has 1 aliphatic rings. The average Bonchev–Trinajstić information content (AvgIpc) is 2.99. The standard InChI is InChI=1S/C10H15N3O/c1-6-8(5-11)10(14-2)13-9(12-6)7-3-4-7/h7H,3-5,11H2,1-2H3. The predicted molar refractivity (Wildman–Crippen MR) is 53.2 cm³/mol. The van der Waals surface area contributed by atoms with Gasteiger partial charge in [0.25, 0.3) is 0 Å². The monoisotopic (exact) mass is 193 g/mol.